The molecule has 0 radical (unpaired) electrons. The number of hydrogen-bond acceptors (Lipinski definition) is 16. The van der Waals surface area contributed by atoms with E-state index in [0.29, 0.717) is 22.3 Å². The van der Waals surface area contributed by atoms with Crippen LogP contribution in [0.2, 0.25) is 0 Å². The second-order valence-corrected chi connectivity index (χ2v) is 26.6. The van der Waals surface area contributed by atoms with Gasteiger partial charge in [0.2, 0.25) is 11.8 Å². The first-order chi connectivity index (χ1) is 32.7. The summed E-state index contributed by atoms with van der Waals surface area (Å²) in [4.78, 5) is 37.2. The Morgan fingerprint density at radius 2 is 0.800 bits per heavy atom. The van der Waals surface area contributed by atoms with E-state index < -0.39 is 39.9 Å². The lowest BCUT2D eigenvalue weighted by Gasteiger charge is -2.35. The summed E-state index contributed by atoms with van der Waals surface area (Å²) < 4.78 is 100. The van der Waals surface area contributed by atoms with Crippen LogP contribution in [-0.4, -0.2) is 142 Å². The van der Waals surface area contributed by atoms with E-state index >= 15 is 0 Å². The number of fused-ring (bicyclic) bond motifs is 4. The monoisotopic (exact) mass is 1080 g/mol. The first-order valence-electron chi connectivity index (χ1n) is 22.3. The van der Waals surface area contributed by atoms with E-state index in [9.17, 15) is 43.3 Å². The average molecular weight is 1080 g/mol. The molecule has 4 aromatic rings. The predicted molar refractivity (Wildman–Crippen MR) is 275 cm³/mol. The fourth-order valence-electron chi connectivity index (χ4n) is 8.35. The molecule has 0 unspecified atom stereocenters. The normalized spacial score (nSPS) is 16.6. The SMILES string of the molecule is CS(=O)(=O)O.CS(=O)(=O)O.CS(=O)(=O)c1ccc2c(c1)N(CCCN1CCC(C(N)=O)CC1)c1ccccc1S2.CS(=O)(=O)c1ccc2c(c1)N(CCCN1CCC(C(N)=O)CC1)c1ccccc1S2. The molecule has 2 fully saturated rings. The van der Waals surface area contributed by atoms with Crippen LogP contribution in [0.3, 0.4) is 0 Å². The summed E-state index contributed by atoms with van der Waals surface area (Å²) in [5, 5.41) is 0. The summed E-state index contributed by atoms with van der Waals surface area (Å²) in [6, 6.07) is 27.3. The van der Waals surface area contributed by atoms with Crippen LogP contribution in [-0.2, 0) is 49.5 Å². The van der Waals surface area contributed by atoms with Crippen LogP contribution in [0.25, 0.3) is 0 Å². The highest BCUT2D eigenvalue weighted by molar-refractivity contribution is 8.00. The quantitative estimate of drug-likeness (QED) is 0.126. The Hall–Kier alpha value is -4.24. The van der Waals surface area contributed by atoms with Crippen molar-refractivity contribution in [3.05, 3.63) is 84.9 Å². The molecule has 4 aliphatic rings. The molecule has 8 rings (SSSR count). The number of likely N-dealkylation sites (tertiary alicyclic amines) is 2. The van der Waals surface area contributed by atoms with Crippen molar-refractivity contribution in [2.75, 3.05) is 87.2 Å². The molecule has 0 saturated carbocycles. The minimum Gasteiger partial charge on any atom is -0.369 e. The number of nitrogens with two attached hydrogens (primary N) is 2. The molecule has 0 spiro atoms. The van der Waals surface area contributed by atoms with Crippen molar-refractivity contribution in [3.63, 3.8) is 0 Å². The van der Waals surface area contributed by atoms with Gasteiger partial charge in [0.15, 0.2) is 19.7 Å². The van der Waals surface area contributed by atoms with Crippen LogP contribution < -0.4 is 21.3 Å². The molecule has 0 aromatic heterocycles. The van der Waals surface area contributed by atoms with Crippen LogP contribution >= 0.6 is 23.5 Å². The van der Waals surface area contributed by atoms with Gasteiger partial charge in [0, 0.05) is 57.0 Å². The van der Waals surface area contributed by atoms with E-state index in [0.717, 1.165) is 123 Å². The standard InChI is InChI=1S/2C22H27N3O3S2.2CH4O3S/c2*1-30(27,28)17-7-8-21-19(15-17)25(18-5-2-3-6-20(18)29-21)12-4-11-24-13-9-16(10-14-24)22(23)26;2*1-5(2,3)4/h2*2-3,5-8,15-16H,4,9-14H2,1H3,(H2,23,26);2*1H3,(H,2,3,4). The topological polar surface area (TPSA) is 276 Å². The zero-order chi connectivity index (χ0) is 51.6. The molecule has 0 bridgehead atoms. The van der Waals surface area contributed by atoms with E-state index in [4.69, 9.17) is 20.6 Å². The van der Waals surface area contributed by atoms with Gasteiger partial charge in [-0.05, 0) is 138 Å². The number of carbonyl (C=O) groups excluding carboxylic acids is 2. The molecule has 18 nitrogen and oxygen atoms in total. The van der Waals surface area contributed by atoms with Gasteiger partial charge in [-0.2, -0.15) is 16.8 Å². The van der Waals surface area contributed by atoms with Crippen molar-refractivity contribution in [2.24, 2.45) is 23.3 Å². The van der Waals surface area contributed by atoms with Crippen molar-refractivity contribution in [1.82, 2.24) is 9.80 Å². The molecular weight excluding hydrogens is 1020 g/mol. The lowest BCUT2D eigenvalue weighted by atomic mass is 9.96. The third-order valence-electron chi connectivity index (χ3n) is 11.7. The maximum atomic E-state index is 12.1. The minimum atomic E-state index is -3.67. The molecule has 0 atom stereocenters. The molecule has 384 valence electrons. The van der Waals surface area contributed by atoms with Gasteiger partial charge < -0.3 is 31.1 Å². The van der Waals surface area contributed by atoms with Crippen LogP contribution in [0.15, 0.2) is 114 Å². The number of sulfone groups is 2. The molecule has 6 N–H and O–H groups in total. The van der Waals surface area contributed by atoms with Gasteiger partial charge in [0.05, 0.1) is 45.1 Å². The minimum absolute atomic E-state index is 0.00790. The Labute approximate surface area is 420 Å². The zero-order valence-electron chi connectivity index (χ0n) is 39.5. The van der Waals surface area contributed by atoms with E-state index in [-0.39, 0.29) is 23.7 Å². The first-order valence-corrected chi connectivity index (χ1v) is 31.4. The molecule has 2 saturated heterocycles. The molecule has 0 aliphatic carbocycles. The molecule has 4 heterocycles. The van der Waals surface area contributed by atoms with Crippen LogP contribution in [0.1, 0.15) is 38.5 Å². The second kappa shape index (κ2) is 24.5. The number of hydrogen-bond donors (Lipinski definition) is 4. The number of piperidine rings is 2. The Morgan fingerprint density at radius 3 is 1.10 bits per heavy atom. The molecule has 4 aromatic carbocycles. The summed E-state index contributed by atoms with van der Waals surface area (Å²) in [7, 11) is -13.9. The smallest absolute Gasteiger partial charge is 0.261 e. The third-order valence-corrected chi connectivity index (χ3v) is 16.2. The van der Waals surface area contributed by atoms with Gasteiger partial charge in [-0.15, -0.1) is 0 Å². The first kappa shape index (κ1) is 56.7. The van der Waals surface area contributed by atoms with E-state index in [1.807, 2.05) is 36.4 Å². The highest BCUT2D eigenvalue weighted by Crippen LogP contribution is 2.50. The van der Waals surface area contributed by atoms with Crippen LogP contribution in [0.4, 0.5) is 22.7 Å². The number of para-hydroxylation sites is 2. The Kier molecular flexibility index (Phi) is 19.8. The summed E-state index contributed by atoms with van der Waals surface area (Å²) >= 11 is 3.36. The summed E-state index contributed by atoms with van der Waals surface area (Å²) in [5.41, 5.74) is 15.0. The molecule has 4 aliphatic heterocycles. The van der Waals surface area contributed by atoms with Crippen molar-refractivity contribution in [3.8, 4) is 0 Å². The third kappa shape index (κ3) is 17.5. The van der Waals surface area contributed by atoms with Gasteiger partial charge in [-0.3, -0.25) is 18.7 Å². The number of rotatable bonds is 12. The highest BCUT2D eigenvalue weighted by Gasteiger charge is 2.28. The van der Waals surface area contributed by atoms with Gasteiger partial charge in [-0.1, -0.05) is 47.8 Å². The maximum Gasteiger partial charge on any atom is 0.261 e. The number of primary amides is 2. The molecular formula is C46H62N6O12S6. The molecule has 70 heavy (non-hydrogen) atoms. The Bertz CT molecular complexity index is 2730. The van der Waals surface area contributed by atoms with E-state index in [2.05, 4.69) is 43.9 Å². The largest absolute Gasteiger partial charge is 0.369 e. The second-order valence-electron chi connectivity index (χ2n) is 17.5. The fraction of sp³-hybridized carbons (Fsp3) is 0.435. The van der Waals surface area contributed by atoms with Gasteiger partial charge >= 0.3 is 0 Å². The van der Waals surface area contributed by atoms with Gasteiger partial charge in [0.25, 0.3) is 20.2 Å². The molecule has 24 heteroatoms. The number of benzene rings is 4. The Balaban J connectivity index is 0.000000219. The van der Waals surface area contributed by atoms with Crippen molar-refractivity contribution in [2.45, 2.75) is 67.9 Å². The number of nitrogens with zero attached hydrogens (tertiary/aromatic N) is 4. The number of amides is 2. The van der Waals surface area contributed by atoms with Crippen molar-refractivity contribution >= 4 is 98.0 Å². The fourth-order valence-corrected chi connectivity index (χ4v) is 11.8. The lowest BCUT2D eigenvalue weighted by Crippen LogP contribution is -2.39. The maximum absolute atomic E-state index is 12.1. The van der Waals surface area contributed by atoms with E-state index in [1.165, 1.54) is 22.3 Å². The van der Waals surface area contributed by atoms with Crippen molar-refractivity contribution < 1.29 is 52.4 Å². The average Bonchev–Trinajstić information content (AvgIpc) is 3.27. The molecule has 2 amide bonds. The van der Waals surface area contributed by atoms with Gasteiger partial charge in [0.1, 0.15) is 0 Å². The Morgan fingerprint density at radius 1 is 0.500 bits per heavy atom. The van der Waals surface area contributed by atoms with Gasteiger partial charge in [-0.25, -0.2) is 16.8 Å². The predicted octanol–water partition coefficient (Wildman–Crippen LogP) is 5.57. The van der Waals surface area contributed by atoms with Crippen molar-refractivity contribution in [1.29, 1.82) is 0 Å². The summed E-state index contributed by atoms with van der Waals surface area (Å²) in [6.45, 7) is 7.07. The number of carbonyl (C=O) groups is 2. The highest BCUT2D eigenvalue weighted by atomic mass is 32.2. The van der Waals surface area contributed by atoms with Crippen LogP contribution in [0.5, 0.6) is 0 Å². The lowest BCUT2D eigenvalue weighted by molar-refractivity contribution is -0.124. The number of anilines is 4. The zero-order valence-corrected chi connectivity index (χ0v) is 44.4. The van der Waals surface area contributed by atoms with Crippen LogP contribution in [0, 0.1) is 11.8 Å². The summed E-state index contributed by atoms with van der Waals surface area (Å²) in [6.07, 6.45) is 9.15. The summed E-state index contributed by atoms with van der Waals surface area (Å²) in [5.74, 6) is -0.354. The van der Waals surface area contributed by atoms with E-state index in [1.54, 1.807) is 47.8 Å².